The lowest BCUT2D eigenvalue weighted by molar-refractivity contribution is 0.174. The van der Waals surface area contributed by atoms with Gasteiger partial charge in [-0.3, -0.25) is 9.83 Å². The van der Waals surface area contributed by atoms with Crippen LogP contribution in [0, 0.1) is 18.3 Å². The minimum atomic E-state index is 0.193. The lowest BCUT2D eigenvalue weighted by Gasteiger charge is -2.15. The van der Waals surface area contributed by atoms with E-state index < -0.39 is 0 Å². The Hall–Kier alpha value is -4.35. The van der Waals surface area contributed by atoms with Crippen LogP contribution in [-0.2, 0) is 6.42 Å². The van der Waals surface area contributed by atoms with Gasteiger partial charge in [-0.15, -0.1) is 0 Å². The van der Waals surface area contributed by atoms with Crippen molar-refractivity contribution in [1.29, 1.82) is 5.26 Å². The van der Waals surface area contributed by atoms with Crippen molar-refractivity contribution >= 4 is 51.2 Å². The topological polar surface area (TPSA) is 96.8 Å². The van der Waals surface area contributed by atoms with Crippen LogP contribution in [0.25, 0.3) is 27.6 Å². The predicted molar refractivity (Wildman–Crippen MR) is 136 cm³/mol. The lowest BCUT2D eigenvalue weighted by atomic mass is 10.0. The van der Waals surface area contributed by atoms with Crippen molar-refractivity contribution in [3.8, 4) is 17.6 Å². The fourth-order valence-electron chi connectivity index (χ4n) is 4.55. The maximum atomic E-state index is 9.86. The van der Waals surface area contributed by atoms with Crippen LogP contribution in [0.1, 0.15) is 29.2 Å². The zero-order chi connectivity index (χ0) is 24.1. The van der Waals surface area contributed by atoms with Gasteiger partial charge in [-0.25, -0.2) is 9.97 Å². The molecule has 9 heteroatoms. The van der Waals surface area contributed by atoms with Gasteiger partial charge >= 0.3 is 0 Å². The molecule has 0 radical (unpaired) electrons. The number of imidazole rings is 1. The van der Waals surface area contributed by atoms with Crippen molar-refractivity contribution in [3.05, 3.63) is 69.9 Å². The number of nitriles is 1. The molecule has 35 heavy (non-hydrogen) atoms. The van der Waals surface area contributed by atoms with Gasteiger partial charge < -0.3 is 9.47 Å². The predicted octanol–water partition coefficient (Wildman–Crippen LogP) is 5.61. The van der Waals surface area contributed by atoms with E-state index in [1.807, 2.05) is 53.8 Å². The summed E-state index contributed by atoms with van der Waals surface area (Å²) in [4.78, 5) is 9.21. The van der Waals surface area contributed by atoms with E-state index in [4.69, 9.17) is 26.1 Å². The SMILES string of the molecule is CCc1c(C)c(C#N)c2nc3ccccc3n2c1NN=Cc1cc2cc3c(cc2nc1Cl)OCO3. The van der Waals surface area contributed by atoms with E-state index in [0.29, 0.717) is 45.4 Å². The summed E-state index contributed by atoms with van der Waals surface area (Å²) in [7, 11) is 0. The number of pyridine rings is 2. The number of fused-ring (bicyclic) bond motifs is 5. The molecular formula is C26H19ClN6O2. The molecule has 0 fully saturated rings. The molecule has 0 aliphatic carbocycles. The number of ether oxygens (including phenoxy) is 2. The summed E-state index contributed by atoms with van der Waals surface area (Å²) < 4.78 is 12.9. The number of hydrazone groups is 1. The van der Waals surface area contributed by atoms with Crippen LogP contribution >= 0.6 is 11.6 Å². The number of anilines is 1. The molecule has 0 saturated carbocycles. The molecule has 5 aromatic rings. The van der Waals surface area contributed by atoms with E-state index in [1.165, 1.54) is 0 Å². The zero-order valence-electron chi connectivity index (χ0n) is 19.0. The number of hydrogen-bond acceptors (Lipinski definition) is 7. The largest absolute Gasteiger partial charge is 0.454 e. The second-order valence-electron chi connectivity index (χ2n) is 8.19. The third kappa shape index (κ3) is 3.32. The van der Waals surface area contributed by atoms with Gasteiger partial charge in [0.2, 0.25) is 6.79 Å². The highest BCUT2D eigenvalue weighted by atomic mass is 35.5. The summed E-state index contributed by atoms with van der Waals surface area (Å²) in [6.07, 6.45) is 2.35. The van der Waals surface area contributed by atoms with Crippen molar-refractivity contribution in [2.45, 2.75) is 20.3 Å². The van der Waals surface area contributed by atoms with E-state index in [2.05, 4.69) is 28.5 Å². The van der Waals surface area contributed by atoms with Crippen LogP contribution in [0.15, 0.2) is 47.6 Å². The Labute approximate surface area is 205 Å². The molecular weight excluding hydrogens is 464 g/mol. The third-order valence-electron chi connectivity index (χ3n) is 6.25. The van der Waals surface area contributed by atoms with Crippen molar-refractivity contribution in [1.82, 2.24) is 14.4 Å². The Balaban J connectivity index is 1.46. The molecule has 0 unspecified atom stereocenters. The molecule has 1 aliphatic heterocycles. The minimum Gasteiger partial charge on any atom is -0.454 e. The Morgan fingerprint density at radius 2 is 1.97 bits per heavy atom. The fourth-order valence-corrected chi connectivity index (χ4v) is 4.74. The highest BCUT2D eigenvalue weighted by Gasteiger charge is 2.20. The molecule has 0 amide bonds. The molecule has 6 rings (SSSR count). The molecule has 4 heterocycles. The molecule has 0 atom stereocenters. The van der Waals surface area contributed by atoms with E-state index in [-0.39, 0.29) is 6.79 Å². The van der Waals surface area contributed by atoms with Gasteiger partial charge in [-0.2, -0.15) is 10.4 Å². The van der Waals surface area contributed by atoms with Crippen molar-refractivity contribution in [2.24, 2.45) is 5.10 Å². The summed E-state index contributed by atoms with van der Waals surface area (Å²) in [6.45, 7) is 4.19. The molecule has 0 saturated heterocycles. The second kappa shape index (κ2) is 8.15. The Morgan fingerprint density at radius 3 is 2.77 bits per heavy atom. The lowest BCUT2D eigenvalue weighted by Crippen LogP contribution is -2.07. The summed E-state index contributed by atoms with van der Waals surface area (Å²) >= 11 is 6.46. The van der Waals surface area contributed by atoms with E-state index in [0.717, 1.165) is 33.4 Å². The van der Waals surface area contributed by atoms with Gasteiger partial charge in [0, 0.05) is 17.0 Å². The van der Waals surface area contributed by atoms with Crippen LogP contribution in [0.4, 0.5) is 5.82 Å². The summed E-state index contributed by atoms with van der Waals surface area (Å²) in [5.74, 6) is 2.10. The van der Waals surface area contributed by atoms with Gasteiger partial charge in [0.05, 0.1) is 28.3 Å². The number of nitrogens with one attached hydrogen (secondary N) is 1. The summed E-state index contributed by atoms with van der Waals surface area (Å²) in [6, 6.07) is 15.7. The maximum absolute atomic E-state index is 9.86. The number of nitrogens with zero attached hydrogens (tertiary/aromatic N) is 5. The normalized spacial score (nSPS) is 12.7. The van der Waals surface area contributed by atoms with Crippen LogP contribution in [0.3, 0.4) is 0 Å². The monoisotopic (exact) mass is 482 g/mol. The first-order valence-electron chi connectivity index (χ1n) is 11.1. The van der Waals surface area contributed by atoms with Crippen molar-refractivity contribution < 1.29 is 9.47 Å². The van der Waals surface area contributed by atoms with Crippen molar-refractivity contribution in [3.63, 3.8) is 0 Å². The van der Waals surface area contributed by atoms with Crippen molar-refractivity contribution in [2.75, 3.05) is 12.2 Å². The fraction of sp³-hybridized carbons (Fsp3) is 0.154. The first-order valence-corrected chi connectivity index (χ1v) is 11.5. The average molecular weight is 483 g/mol. The quantitative estimate of drug-likeness (QED) is 0.203. The Bertz CT molecular complexity index is 1730. The number of hydrogen-bond donors (Lipinski definition) is 1. The molecule has 0 bridgehead atoms. The number of para-hydroxylation sites is 2. The number of rotatable bonds is 4. The molecule has 1 N–H and O–H groups in total. The standard InChI is InChI=1S/C26H19ClN6O2/c1-3-17-14(2)18(11-28)25-31-19-6-4-5-7-21(19)33(25)26(17)32-29-12-16-8-15-9-22-23(35-13-34-22)10-20(15)30-24(16)27/h4-10,12,32H,3,13H2,1-2H3. The van der Waals surface area contributed by atoms with Crippen LogP contribution in [0.5, 0.6) is 11.5 Å². The van der Waals surface area contributed by atoms with Gasteiger partial charge in [0.15, 0.2) is 17.1 Å². The number of aromatic nitrogens is 3. The van der Waals surface area contributed by atoms with Crippen LogP contribution in [-0.4, -0.2) is 27.4 Å². The van der Waals surface area contributed by atoms with Gasteiger partial charge in [0.25, 0.3) is 0 Å². The van der Waals surface area contributed by atoms with Crippen LogP contribution in [0.2, 0.25) is 5.15 Å². The first kappa shape index (κ1) is 21.2. The molecule has 3 aromatic heterocycles. The highest BCUT2D eigenvalue weighted by molar-refractivity contribution is 6.32. The molecule has 1 aliphatic rings. The highest BCUT2D eigenvalue weighted by Crippen LogP contribution is 2.36. The first-order chi connectivity index (χ1) is 17.1. The van der Waals surface area contributed by atoms with Gasteiger partial charge in [0.1, 0.15) is 17.0 Å². The second-order valence-corrected chi connectivity index (χ2v) is 8.55. The number of benzene rings is 2. The van der Waals surface area contributed by atoms with Crippen LogP contribution < -0.4 is 14.9 Å². The third-order valence-corrected chi connectivity index (χ3v) is 6.55. The zero-order valence-corrected chi connectivity index (χ0v) is 19.7. The summed E-state index contributed by atoms with van der Waals surface area (Å²) in [5.41, 5.74) is 9.31. The molecule has 172 valence electrons. The van der Waals surface area contributed by atoms with Gasteiger partial charge in [-0.05, 0) is 48.7 Å². The molecule has 0 spiro atoms. The minimum absolute atomic E-state index is 0.193. The van der Waals surface area contributed by atoms with E-state index >= 15 is 0 Å². The Kier molecular flexibility index (Phi) is 4.94. The molecule has 8 nitrogen and oxygen atoms in total. The maximum Gasteiger partial charge on any atom is 0.231 e. The molecule has 2 aromatic carbocycles. The van der Waals surface area contributed by atoms with E-state index in [9.17, 15) is 5.26 Å². The van der Waals surface area contributed by atoms with E-state index in [1.54, 1.807) is 6.21 Å². The van der Waals surface area contributed by atoms with Gasteiger partial charge in [-0.1, -0.05) is 30.7 Å². The summed E-state index contributed by atoms with van der Waals surface area (Å²) in [5, 5.41) is 15.6. The smallest absolute Gasteiger partial charge is 0.231 e. The average Bonchev–Trinajstić information content (AvgIpc) is 3.47. The number of halogens is 1. The Morgan fingerprint density at radius 1 is 1.17 bits per heavy atom.